The summed E-state index contributed by atoms with van der Waals surface area (Å²) in [6.45, 7) is 2.30. The van der Waals surface area contributed by atoms with Crippen molar-refractivity contribution in [2.75, 3.05) is 39.9 Å². The molecule has 0 bridgehead atoms. The SMILES string of the molecule is COc1ccc(CN(Cc2ccc(OC)cc2OC)c2ncnc3c2nnn3C2CCCC(COCc3ccccc3)C2)c(OC)c1. The minimum atomic E-state index is 0.179. The first-order valence-corrected chi connectivity index (χ1v) is 15.9. The first-order valence-electron chi connectivity index (χ1n) is 15.9. The average Bonchev–Trinajstić information content (AvgIpc) is 3.57. The molecular formula is C36H42N6O5. The molecule has 1 saturated carbocycles. The van der Waals surface area contributed by atoms with Gasteiger partial charge in [-0.25, -0.2) is 14.6 Å². The number of methoxy groups -OCH3 is 4. The van der Waals surface area contributed by atoms with Crippen molar-refractivity contribution in [1.82, 2.24) is 25.0 Å². The Labute approximate surface area is 275 Å². The Balaban J connectivity index is 1.29. The van der Waals surface area contributed by atoms with Crippen LogP contribution in [0.5, 0.6) is 23.0 Å². The van der Waals surface area contributed by atoms with E-state index >= 15 is 0 Å². The topological polar surface area (TPSA) is 106 Å². The molecule has 5 aromatic rings. The summed E-state index contributed by atoms with van der Waals surface area (Å²) < 4.78 is 30.5. The highest BCUT2D eigenvalue weighted by Gasteiger charge is 2.28. The van der Waals surface area contributed by atoms with E-state index in [0.717, 1.165) is 60.6 Å². The van der Waals surface area contributed by atoms with Crippen LogP contribution in [0.1, 0.15) is 48.4 Å². The van der Waals surface area contributed by atoms with E-state index in [9.17, 15) is 0 Å². The lowest BCUT2D eigenvalue weighted by Gasteiger charge is -2.29. The van der Waals surface area contributed by atoms with Crippen LogP contribution in [0.4, 0.5) is 5.82 Å². The molecule has 0 saturated heterocycles. The van der Waals surface area contributed by atoms with Crippen LogP contribution in [-0.2, 0) is 24.4 Å². The van der Waals surface area contributed by atoms with Gasteiger partial charge in [0.25, 0.3) is 0 Å². The minimum Gasteiger partial charge on any atom is -0.497 e. The van der Waals surface area contributed by atoms with Crippen molar-refractivity contribution < 1.29 is 23.7 Å². The number of nitrogens with zero attached hydrogens (tertiary/aromatic N) is 6. The molecule has 1 aliphatic rings. The molecule has 0 radical (unpaired) electrons. The fourth-order valence-electron chi connectivity index (χ4n) is 6.37. The highest BCUT2D eigenvalue weighted by molar-refractivity contribution is 5.82. The van der Waals surface area contributed by atoms with Crippen LogP contribution in [0, 0.1) is 5.92 Å². The van der Waals surface area contributed by atoms with Gasteiger partial charge >= 0.3 is 0 Å². The molecular weight excluding hydrogens is 596 g/mol. The van der Waals surface area contributed by atoms with Crippen molar-refractivity contribution in [3.8, 4) is 23.0 Å². The molecule has 6 rings (SSSR count). The molecule has 246 valence electrons. The molecule has 2 heterocycles. The Morgan fingerprint density at radius 1 is 0.787 bits per heavy atom. The second kappa shape index (κ2) is 15.1. The first-order chi connectivity index (χ1) is 23.1. The van der Waals surface area contributed by atoms with Gasteiger partial charge in [0.15, 0.2) is 17.0 Å². The summed E-state index contributed by atoms with van der Waals surface area (Å²) in [5.74, 6) is 3.99. The molecule has 0 aliphatic heterocycles. The molecule has 0 N–H and O–H groups in total. The minimum absolute atomic E-state index is 0.179. The van der Waals surface area contributed by atoms with Gasteiger partial charge in [-0.3, -0.25) is 0 Å². The molecule has 0 spiro atoms. The summed E-state index contributed by atoms with van der Waals surface area (Å²) in [5.41, 5.74) is 4.49. The summed E-state index contributed by atoms with van der Waals surface area (Å²) in [6, 6.07) is 22.1. The lowest BCUT2D eigenvalue weighted by Crippen LogP contribution is -2.25. The second-order valence-electron chi connectivity index (χ2n) is 11.8. The van der Waals surface area contributed by atoms with Gasteiger partial charge in [0.2, 0.25) is 0 Å². The molecule has 0 amide bonds. The summed E-state index contributed by atoms with van der Waals surface area (Å²) in [4.78, 5) is 11.6. The largest absolute Gasteiger partial charge is 0.497 e. The highest BCUT2D eigenvalue weighted by atomic mass is 16.5. The summed E-state index contributed by atoms with van der Waals surface area (Å²) in [6.07, 6.45) is 5.82. The van der Waals surface area contributed by atoms with Gasteiger partial charge in [-0.1, -0.05) is 42.0 Å². The highest BCUT2D eigenvalue weighted by Crippen LogP contribution is 2.36. The third kappa shape index (κ3) is 7.41. The molecule has 1 aliphatic carbocycles. The molecule has 3 aromatic carbocycles. The third-order valence-corrected chi connectivity index (χ3v) is 8.82. The van der Waals surface area contributed by atoms with E-state index in [-0.39, 0.29) is 6.04 Å². The average molecular weight is 639 g/mol. The van der Waals surface area contributed by atoms with Gasteiger partial charge in [0.05, 0.1) is 41.1 Å². The number of fused-ring (bicyclic) bond motifs is 1. The van der Waals surface area contributed by atoms with E-state index in [1.807, 2.05) is 59.3 Å². The van der Waals surface area contributed by atoms with Gasteiger partial charge in [-0.15, -0.1) is 5.10 Å². The molecule has 47 heavy (non-hydrogen) atoms. The van der Waals surface area contributed by atoms with Crippen molar-refractivity contribution >= 4 is 17.0 Å². The number of hydrogen-bond donors (Lipinski definition) is 0. The van der Waals surface area contributed by atoms with Crippen LogP contribution >= 0.6 is 0 Å². The molecule has 2 aromatic heterocycles. The van der Waals surface area contributed by atoms with E-state index in [2.05, 4.69) is 27.3 Å². The standard InChI is InChI=1S/C36H42N6O5/c1-43-30-15-13-27(32(18-30)45-3)20-41(21-28-14-16-31(44-2)19-33(28)46-4)35-34-36(38-24-37-35)42(40-39-34)29-12-8-11-26(17-29)23-47-22-25-9-6-5-7-10-25/h5-7,9-10,13-16,18-19,24,26,29H,8,11-12,17,20-23H2,1-4H3. The maximum absolute atomic E-state index is 6.13. The molecule has 2 unspecified atom stereocenters. The number of rotatable bonds is 14. The third-order valence-electron chi connectivity index (χ3n) is 8.82. The van der Waals surface area contributed by atoms with Crippen molar-refractivity contribution in [3.05, 3.63) is 89.7 Å². The summed E-state index contributed by atoms with van der Waals surface area (Å²) in [7, 11) is 6.61. The van der Waals surface area contributed by atoms with Crippen LogP contribution in [0.3, 0.4) is 0 Å². The normalized spacial score (nSPS) is 16.2. The predicted octanol–water partition coefficient (Wildman–Crippen LogP) is 6.41. The Hall–Kier alpha value is -4.90. The van der Waals surface area contributed by atoms with Crippen molar-refractivity contribution in [3.63, 3.8) is 0 Å². The first kappa shape index (κ1) is 32.1. The fourth-order valence-corrected chi connectivity index (χ4v) is 6.37. The number of anilines is 1. The number of hydrogen-bond acceptors (Lipinski definition) is 10. The smallest absolute Gasteiger partial charge is 0.184 e. The summed E-state index contributed by atoms with van der Waals surface area (Å²) in [5, 5.41) is 9.34. The van der Waals surface area contributed by atoms with E-state index in [4.69, 9.17) is 33.7 Å². The quantitative estimate of drug-likeness (QED) is 0.135. The summed E-state index contributed by atoms with van der Waals surface area (Å²) >= 11 is 0. The lowest BCUT2D eigenvalue weighted by molar-refractivity contribution is 0.0640. The van der Waals surface area contributed by atoms with Crippen LogP contribution < -0.4 is 23.8 Å². The molecule has 11 nitrogen and oxygen atoms in total. The van der Waals surface area contributed by atoms with E-state index < -0.39 is 0 Å². The van der Waals surface area contributed by atoms with Crippen molar-refractivity contribution in [2.24, 2.45) is 5.92 Å². The van der Waals surface area contributed by atoms with E-state index in [0.29, 0.717) is 48.4 Å². The maximum Gasteiger partial charge on any atom is 0.184 e. The lowest BCUT2D eigenvalue weighted by atomic mass is 9.86. The van der Waals surface area contributed by atoms with Crippen LogP contribution in [0.15, 0.2) is 73.1 Å². The monoisotopic (exact) mass is 638 g/mol. The Morgan fingerprint density at radius 3 is 2.11 bits per heavy atom. The van der Waals surface area contributed by atoms with Crippen molar-refractivity contribution in [1.29, 1.82) is 0 Å². The van der Waals surface area contributed by atoms with Gasteiger partial charge in [-0.05, 0) is 55.0 Å². The zero-order valence-corrected chi connectivity index (χ0v) is 27.5. The van der Waals surface area contributed by atoms with E-state index in [1.165, 1.54) is 5.56 Å². The predicted molar refractivity (Wildman–Crippen MR) is 179 cm³/mol. The number of aromatic nitrogens is 5. The number of benzene rings is 3. The van der Waals surface area contributed by atoms with E-state index in [1.54, 1.807) is 34.8 Å². The Morgan fingerprint density at radius 2 is 1.47 bits per heavy atom. The molecule has 1 fully saturated rings. The molecule has 11 heteroatoms. The number of ether oxygens (including phenoxy) is 5. The van der Waals surface area contributed by atoms with Crippen LogP contribution in [-0.4, -0.2) is 60.0 Å². The Bertz CT molecular complexity index is 1710. The second-order valence-corrected chi connectivity index (χ2v) is 11.8. The van der Waals surface area contributed by atoms with Gasteiger partial charge in [0.1, 0.15) is 29.3 Å². The van der Waals surface area contributed by atoms with Crippen LogP contribution in [0.2, 0.25) is 0 Å². The zero-order chi connectivity index (χ0) is 32.6. The fraction of sp³-hybridized carbons (Fsp3) is 0.389. The maximum atomic E-state index is 6.13. The van der Waals surface area contributed by atoms with Crippen LogP contribution in [0.25, 0.3) is 11.2 Å². The van der Waals surface area contributed by atoms with Gasteiger partial charge in [-0.2, -0.15) is 0 Å². The van der Waals surface area contributed by atoms with Gasteiger partial charge in [0, 0.05) is 43.0 Å². The zero-order valence-electron chi connectivity index (χ0n) is 27.5. The van der Waals surface area contributed by atoms with Crippen molar-refractivity contribution in [2.45, 2.75) is 51.4 Å². The van der Waals surface area contributed by atoms with Gasteiger partial charge < -0.3 is 28.6 Å². The Kier molecular flexibility index (Phi) is 10.3. The molecule has 2 atom stereocenters.